The molecule has 0 unspecified atom stereocenters. The molecule has 0 bridgehead atoms. The molecule has 0 N–H and O–H groups in total. The van der Waals surface area contributed by atoms with E-state index in [0.717, 1.165) is 25.9 Å². The minimum Gasteiger partial charge on any atom is -0.234 e. The van der Waals surface area contributed by atoms with Crippen LogP contribution in [0.1, 0.15) is 127 Å². The van der Waals surface area contributed by atoms with Crippen molar-refractivity contribution in [3.8, 4) is 0 Å². The zero-order valence-corrected chi connectivity index (χ0v) is 24.5. The summed E-state index contributed by atoms with van der Waals surface area (Å²) >= 11 is 0. The maximum atomic E-state index is 2.53. The molecule has 0 aliphatic carbocycles. The zero-order valence-electron chi connectivity index (χ0n) is 24.5. The second-order valence-electron chi connectivity index (χ2n) is 11.3. The van der Waals surface area contributed by atoms with Crippen molar-refractivity contribution in [1.82, 2.24) is 4.57 Å². The Morgan fingerprint density at radius 1 is 0.553 bits per heavy atom. The number of rotatable bonds is 22. The molecule has 3 aromatic rings. The number of hydrogen-bond acceptors (Lipinski definition) is 0. The third-order valence-electron chi connectivity index (χ3n) is 8.00. The standard InChI is InChI=1S/C36H55N2/c1-2-3-4-5-6-7-8-9-10-11-12-13-14-15-22-29-37-31-32-38(30-23-28-34-24-18-16-19-25-34)36(37)33-35-26-20-17-21-27-35/h16-21,24-27,31-32H,2-15,22-23,28-30,33H2,1H3/q+1. The van der Waals surface area contributed by atoms with Gasteiger partial charge in [-0.05, 0) is 36.8 Å². The molecule has 0 atom stereocenters. The Balaban J connectivity index is 1.31. The summed E-state index contributed by atoms with van der Waals surface area (Å²) in [6.45, 7) is 4.53. The Hall–Kier alpha value is -2.35. The van der Waals surface area contributed by atoms with E-state index in [1.165, 1.54) is 120 Å². The SMILES string of the molecule is CCCCCCCCCCCCCCCCCn1cc[n+](CCCc2ccccc2)c1Cc1ccccc1. The van der Waals surface area contributed by atoms with Gasteiger partial charge in [-0.2, -0.15) is 0 Å². The van der Waals surface area contributed by atoms with Gasteiger partial charge < -0.3 is 0 Å². The van der Waals surface area contributed by atoms with E-state index in [4.69, 9.17) is 0 Å². The second kappa shape index (κ2) is 19.7. The molecule has 0 aliphatic rings. The van der Waals surface area contributed by atoms with Gasteiger partial charge in [-0.25, -0.2) is 9.13 Å². The lowest BCUT2D eigenvalue weighted by Gasteiger charge is -2.07. The minimum atomic E-state index is 1.01. The van der Waals surface area contributed by atoms with Crippen LogP contribution < -0.4 is 4.57 Å². The maximum absolute atomic E-state index is 2.53. The topological polar surface area (TPSA) is 8.81 Å². The summed E-state index contributed by atoms with van der Waals surface area (Å²) in [6, 6.07) is 21.9. The molecule has 208 valence electrons. The smallest absolute Gasteiger partial charge is 0.234 e. The molecule has 3 rings (SSSR count). The highest BCUT2D eigenvalue weighted by Gasteiger charge is 2.17. The predicted molar refractivity (Wildman–Crippen MR) is 164 cm³/mol. The van der Waals surface area contributed by atoms with E-state index < -0.39 is 0 Å². The minimum absolute atomic E-state index is 1.01. The van der Waals surface area contributed by atoms with Crippen molar-refractivity contribution in [1.29, 1.82) is 0 Å². The number of hydrogen-bond donors (Lipinski definition) is 0. The van der Waals surface area contributed by atoms with Crippen LogP contribution in [0.3, 0.4) is 0 Å². The van der Waals surface area contributed by atoms with E-state index >= 15 is 0 Å². The lowest BCUT2D eigenvalue weighted by atomic mass is 10.0. The fraction of sp³-hybridized carbons (Fsp3) is 0.583. The summed E-state index contributed by atoms with van der Waals surface area (Å²) in [5.74, 6) is 1.45. The van der Waals surface area contributed by atoms with Gasteiger partial charge in [0.25, 0.3) is 5.82 Å². The summed E-state index contributed by atoms with van der Waals surface area (Å²) in [5.41, 5.74) is 2.84. The van der Waals surface area contributed by atoms with Crippen LogP contribution in [0.5, 0.6) is 0 Å². The summed E-state index contributed by atoms with van der Waals surface area (Å²) < 4.78 is 5.03. The summed E-state index contributed by atoms with van der Waals surface area (Å²) in [5, 5.41) is 0. The lowest BCUT2D eigenvalue weighted by Crippen LogP contribution is -2.37. The summed E-state index contributed by atoms with van der Waals surface area (Å²) in [4.78, 5) is 0. The molecular formula is C36H55N2+. The number of aryl methyl sites for hydroxylation is 3. The first kappa shape index (κ1) is 30.2. The monoisotopic (exact) mass is 515 g/mol. The first-order valence-electron chi connectivity index (χ1n) is 16.0. The molecule has 0 saturated heterocycles. The van der Waals surface area contributed by atoms with Gasteiger partial charge in [0.2, 0.25) is 0 Å². The second-order valence-corrected chi connectivity index (χ2v) is 11.3. The largest absolute Gasteiger partial charge is 0.260 e. The Morgan fingerprint density at radius 2 is 1.05 bits per heavy atom. The fourth-order valence-electron chi connectivity index (χ4n) is 5.64. The highest BCUT2D eigenvalue weighted by Crippen LogP contribution is 2.14. The highest BCUT2D eigenvalue weighted by molar-refractivity contribution is 5.18. The van der Waals surface area contributed by atoms with E-state index in [2.05, 4.69) is 89.1 Å². The first-order chi connectivity index (χ1) is 18.9. The van der Waals surface area contributed by atoms with Crippen LogP contribution in [-0.2, 0) is 25.9 Å². The molecule has 0 amide bonds. The van der Waals surface area contributed by atoms with Crippen LogP contribution in [0.15, 0.2) is 73.1 Å². The number of unbranched alkanes of at least 4 members (excludes halogenated alkanes) is 14. The molecule has 0 saturated carbocycles. The molecule has 38 heavy (non-hydrogen) atoms. The highest BCUT2D eigenvalue weighted by atomic mass is 15.1. The maximum Gasteiger partial charge on any atom is 0.260 e. The van der Waals surface area contributed by atoms with E-state index in [9.17, 15) is 0 Å². The van der Waals surface area contributed by atoms with Crippen molar-refractivity contribution in [3.05, 3.63) is 90.0 Å². The van der Waals surface area contributed by atoms with Crippen LogP contribution in [0.25, 0.3) is 0 Å². The average Bonchev–Trinajstić information content (AvgIpc) is 3.32. The number of imidazole rings is 1. The third kappa shape index (κ3) is 12.5. The number of benzene rings is 2. The zero-order chi connectivity index (χ0) is 26.5. The van der Waals surface area contributed by atoms with Crippen LogP contribution in [-0.4, -0.2) is 4.57 Å². The Kier molecular flexibility index (Phi) is 15.6. The van der Waals surface area contributed by atoms with Gasteiger partial charge in [-0.1, -0.05) is 151 Å². The Bertz CT molecular complexity index is 944. The molecular weight excluding hydrogens is 460 g/mol. The van der Waals surface area contributed by atoms with E-state index in [-0.39, 0.29) is 0 Å². The molecule has 0 spiro atoms. The summed E-state index contributed by atoms with van der Waals surface area (Å²) in [6.07, 6.45) is 29.3. The van der Waals surface area contributed by atoms with Crippen molar-refractivity contribution in [2.45, 2.75) is 136 Å². The third-order valence-corrected chi connectivity index (χ3v) is 8.00. The van der Waals surface area contributed by atoms with Gasteiger partial charge in [-0.15, -0.1) is 0 Å². The van der Waals surface area contributed by atoms with Gasteiger partial charge in [-0.3, -0.25) is 0 Å². The average molecular weight is 516 g/mol. The van der Waals surface area contributed by atoms with E-state index in [0.29, 0.717) is 0 Å². The molecule has 0 fully saturated rings. The van der Waals surface area contributed by atoms with Gasteiger partial charge in [0, 0.05) is 0 Å². The van der Waals surface area contributed by atoms with Gasteiger partial charge in [0.15, 0.2) is 0 Å². The quantitative estimate of drug-likeness (QED) is 0.0930. The Labute approximate surface area is 234 Å². The Morgan fingerprint density at radius 3 is 1.61 bits per heavy atom. The van der Waals surface area contributed by atoms with Crippen LogP contribution in [0, 0.1) is 0 Å². The molecule has 2 heteroatoms. The van der Waals surface area contributed by atoms with E-state index in [1.54, 1.807) is 0 Å². The van der Waals surface area contributed by atoms with Crippen molar-refractivity contribution in [2.75, 3.05) is 0 Å². The lowest BCUT2D eigenvalue weighted by molar-refractivity contribution is -0.703. The van der Waals surface area contributed by atoms with Crippen LogP contribution in [0.2, 0.25) is 0 Å². The predicted octanol–water partition coefficient (Wildman–Crippen LogP) is 9.87. The van der Waals surface area contributed by atoms with Crippen molar-refractivity contribution < 1.29 is 4.57 Å². The molecule has 1 aromatic heterocycles. The molecule has 0 radical (unpaired) electrons. The van der Waals surface area contributed by atoms with Crippen LogP contribution >= 0.6 is 0 Å². The molecule has 2 nitrogen and oxygen atoms in total. The van der Waals surface area contributed by atoms with Gasteiger partial charge >= 0.3 is 0 Å². The van der Waals surface area contributed by atoms with Gasteiger partial charge in [0.05, 0.1) is 19.5 Å². The molecule has 0 aliphatic heterocycles. The van der Waals surface area contributed by atoms with E-state index in [1.807, 2.05) is 0 Å². The van der Waals surface area contributed by atoms with Gasteiger partial charge in [0.1, 0.15) is 12.4 Å². The normalized spacial score (nSPS) is 11.3. The van der Waals surface area contributed by atoms with Crippen molar-refractivity contribution in [2.24, 2.45) is 0 Å². The fourth-order valence-corrected chi connectivity index (χ4v) is 5.64. The first-order valence-corrected chi connectivity index (χ1v) is 16.0. The number of nitrogens with zero attached hydrogens (tertiary/aromatic N) is 2. The van der Waals surface area contributed by atoms with Crippen LogP contribution in [0.4, 0.5) is 0 Å². The number of aromatic nitrogens is 2. The summed E-state index contributed by atoms with van der Waals surface area (Å²) in [7, 11) is 0. The van der Waals surface area contributed by atoms with Crippen molar-refractivity contribution in [3.63, 3.8) is 0 Å². The van der Waals surface area contributed by atoms with Crippen molar-refractivity contribution >= 4 is 0 Å². The molecule has 2 aromatic carbocycles. The molecule has 1 heterocycles.